The molecule has 1 amide bonds. The van der Waals surface area contributed by atoms with Crippen molar-refractivity contribution >= 4 is 34.1 Å². The summed E-state index contributed by atoms with van der Waals surface area (Å²) in [4.78, 5) is 29.2. The molecule has 15 heteroatoms. The summed E-state index contributed by atoms with van der Waals surface area (Å²) in [5, 5.41) is 30.7. The number of hydrogen-bond acceptors (Lipinski definition) is 13. The van der Waals surface area contributed by atoms with Gasteiger partial charge in [-0.3, -0.25) is 0 Å². The van der Waals surface area contributed by atoms with Crippen LogP contribution in [0.5, 0.6) is 0 Å². The van der Waals surface area contributed by atoms with E-state index in [0.717, 1.165) is 124 Å². The molecule has 9 rings (SSSR count). The molecule has 2 unspecified atom stereocenters. The second-order valence-electron chi connectivity index (χ2n) is 14.7. The van der Waals surface area contributed by atoms with Crippen LogP contribution >= 0.6 is 11.3 Å². The Hall–Kier alpha value is -4.55. The number of fused-ring (bicyclic) bond motifs is 6. The summed E-state index contributed by atoms with van der Waals surface area (Å²) in [5.41, 5.74) is 11.0. The Balaban J connectivity index is 1.06. The topological polar surface area (TPSA) is 180 Å². The number of anilines is 3. The fourth-order valence-electron chi connectivity index (χ4n) is 9.54. The summed E-state index contributed by atoms with van der Waals surface area (Å²) in [6, 6.07) is 4.97. The van der Waals surface area contributed by atoms with Gasteiger partial charge >= 0.3 is 6.03 Å². The first-order chi connectivity index (χ1) is 24.3. The van der Waals surface area contributed by atoms with E-state index in [1.807, 2.05) is 17.9 Å². The molecule has 1 spiro atoms. The lowest BCUT2D eigenvalue weighted by Gasteiger charge is -2.39. The van der Waals surface area contributed by atoms with E-state index < -0.39 is 5.41 Å². The lowest BCUT2D eigenvalue weighted by molar-refractivity contribution is 0.140. The van der Waals surface area contributed by atoms with E-state index in [4.69, 9.17) is 25.4 Å². The van der Waals surface area contributed by atoms with E-state index in [9.17, 15) is 10.1 Å². The Morgan fingerprint density at radius 1 is 1.20 bits per heavy atom. The number of nitrogens with one attached hydrogen (secondary N) is 2. The van der Waals surface area contributed by atoms with E-state index in [-0.39, 0.29) is 30.2 Å². The number of thiophene rings is 1. The zero-order valence-corrected chi connectivity index (χ0v) is 29.3. The predicted octanol–water partition coefficient (Wildman–Crippen LogP) is 4.38. The third-order valence-corrected chi connectivity index (χ3v) is 12.9. The Morgan fingerprint density at radius 2 is 2.00 bits per heavy atom. The largest absolute Gasteiger partial charge is 0.389 e. The summed E-state index contributed by atoms with van der Waals surface area (Å²) < 4.78 is 7.78. The molecule has 260 valence electrons. The second kappa shape index (κ2) is 12.1. The third-order valence-electron chi connectivity index (χ3n) is 11.8. The zero-order chi connectivity index (χ0) is 34.1. The van der Waals surface area contributed by atoms with Gasteiger partial charge in [-0.1, -0.05) is 10.4 Å². The van der Waals surface area contributed by atoms with Crippen LogP contribution in [-0.4, -0.2) is 84.9 Å². The van der Waals surface area contributed by atoms with Gasteiger partial charge in [-0.25, -0.2) is 9.78 Å². The average molecular weight is 695 g/mol. The number of aromatic nitrogens is 6. The minimum Gasteiger partial charge on any atom is -0.389 e. The number of rotatable bonds is 4. The van der Waals surface area contributed by atoms with E-state index >= 15 is 0 Å². The molecule has 4 aromatic rings. The molecule has 3 saturated heterocycles. The van der Waals surface area contributed by atoms with Crippen LogP contribution < -0.4 is 21.3 Å². The van der Waals surface area contributed by atoms with Gasteiger partial charge in [0.05, 0.1) is 22.9 Å². The van der Waals surface area contributed by atoms with Crippen LogP contribution in [0.25, 0.3) is 11.4 Å². The summed E-state index contributed by atoms with van der Waals surface area (Å²) in [6.45, 7) is 6.56. The van der Waals surface area contributed by atoms with Crippen molar-refractivity contribution in [2.75, 3.05) is 35.6 Å². The van der Waals surface area contributed by atoms with Gasteiger partial charge in [0.1, 0.15) is 28.3 Å². The van der Waals surface area contributed by atoms with Crippen molar-refractivity contribution in [3.8, 4) is 17.5 Å². The SMILES string of the molecule is Cc1cnnn1C(=O)N1C2CCC1CC(Nc1cc(-c3noc4c3CCC[C@@]43CCCc4sc(N)c(C#N)c43)nc(N3CCNC[C@@H]3C)n1)C2. The smallest absolute Gasteiger partial charge is 0.346 e. The van der Waals surface area contributed by atoms with E-state index in [2.05, 4.69) is 38.8 Å². The van der Waals surface area contributed by atoms with Crippen molar-refractivity contribution in [1.82, 2.24) is 40.3 Å². The summed E-state index contributed by atoms with van der Waals surface area (Å²) >= 11 is 1.55. The number of nitriles is 1. The number of piperidine rings is 1. The number of hydrogen-bond donors (Lipinski definition) is 3. The highest BCUT2D eigenvalue weighted by atomic mass is 32.1. The second-order valence-corrected chi connectivity index (χ2v) is 15.9. The van der Waals surface area contributed by atoms with Crippen molar-refractivity contribution in [2.24, 2.45) is 0 Å². The highest BCUT2D eigenvalue weighted by Gasteiger charge is 2.49. The lowest BCUT2D eigenvalue weighted by atomic mass is 9.63. The molecule has 4 atom stereocenters. The maximum atomic E-state index is 13.5. The van der Waals surface area contributed by atoms with Gasteiger partial charge in [0.2, 0.25) is 5.95 Å². The Morgan fingerprint density at radius 3 is 2.74 bits per heavy atom. The first-order valence-corrected chi connectivity index (χ1v) is 18.8. The Bertz CT molecular complexity index is 1990. The fourth-order valence-corrected chi connectivity index (χ4v) is 10.7. The standard InChI is InChI=1S/C35H42N12O2S/c1-19-17-38-11-12-45(19)33-41-26(15-28(42-33)40-21-13-22-7-8-23(14-21)46(22)34(48)47-20(2)18-39-44-47)30-24-5-3-9-35(31(24)49-43-30)10-4-6-27-29(35)25(16-36)32(37)50-27/h15,18-19,21-23,38H,3-14,17,37H2,1-2H3,(H,40,41,42)/t19-,21?,22?,23?,35-/m0/s1. The lowest BCUT2D eigenvalue weighted by Crippen LogP contribution is -2.51. The van der Waals surface area contributed by atoms with Crippen LogP contribution in [0.1, 0.15) is 91.3 Å². The molecular formula is C35H42N12O2S. The van der Waals surface area contributed by atoms with Gasteiger partial charge in [0.15, 0.2) is 5.76 Å². The summed E-state index contributed by atoms with van der Waals surface area (Å²) in [6.07, 6.45) is 10.8. The van der Waals surface area contributed by atoms with Crippen molar-refractivity contribution in [2.45, 2.75) is 108 Å². The number of piperazine rings is 1. The molecule has 0 radical (unpaired) electrons. The van der Waals surface area contributed by atoms with E-state index in [1.165, 1.54) is 9.56 Å². The molecular weight excluding hydrogens is 653 g/mol. The molecule has 4 aromatic heterocycles. The molecule has 2 bridgehead atoms. The van der Waals surface area contributed by atoms with Crippen LogP contribution in [-0.2, 0) is 18.3 Å². The van der Waals surface area contributed by atoms with Crippen LogP contribution in [0, 0.1) is 18.3 Å². The van der Waals surface area contributed by atoms with Crippen LogP contribution in [0.2, 0.25) is 0 Å². The molecule has 3 fully saturated rings. The molecule has 2 aliphatic carbocycles. The molecule has 0 aromatic carbocycles. The molecule has 0 saturated carbocycles. The normalized spacial score (nSPS) is 27.2. The van der Waals surface area contributed by atoms with Crippen LogP contribution in [0.15, 0.2) is 16.8 Å². The minimum atomic E-state index is -0.398. The quantitative estimate of drug-likeness (QED) is 0.275. The number of carbonyl (C=O) groups excluding carboxylic acids is 1. The van der Waals surface area contributed by atoms with Gasteiger partial charge in [-0.15, -0.1) is 16.4 Å². The zero-order valence-electron chi connectivity index (χ0n) is 28.5. The monoisotopic (exact) mass is 694 g/mol. The van der Waals surface area contributed by atoms with Gasteiger partial charge < -0.3 is 30.7 Å². The van der Waals surface area contributed by atoms with E-state index in [1.54, 1.807) is 17.5 Å². The van der Waals surface area contributed by atoms with E-state index in [0.29, 0.717) is 16.5 Å². The van der Waals surface area contributed by atoms with Gasteiger partial charge in [0.25, 0.3) is 0 Å². The molecule has 7 heterocycles. The maximum absolute atomic E-state index is 13.5. The molecule has 3 aliphatic heterocycles. The van der Waals surface area contributed by atoms with Crippen molar-refractivity contribution in [3.63, 3.8) is 0 Å². The Kier molecular flexibility index (Phi) is 7.58. The van der Waals surface area contributed by atoms with Gasteiger partial charge in [0, 0.05) is 60.3 Å². The number of nitrogen functional groups attached to an aromatic ring is 1. The highest BCUT2D eigenvalue weighted by molar-refractivity contribution is 7.16. The molecule has 14 nitrogen and oxygen atoms in total. The number of aryl methyl sites for hydroxylation is 2. The average Bonchev–Trinajstić information content (AvgIpc) is 3.88. The third kappa shape index (κ3) is 4.90. The van der Waals surface area contributed by atoms with Gasteiger partial charge in [-0.05, 0) is 83.6 Å². The van der Waals surface area contributed by atoms with Crippen molar-refractivity contribution < 1.29 is 9.32 Å². The summed E-state index contributed by atoms with van der Waals surface area (Å²) in [5.74, 6) is 2.30. The first kappa shape index (κ1) is 31.4. The fraction of sp³-hybridized carbons (Fsp3) is 0.571. The maximum Gasteiger partial charge on any atom is 0.346 e. The minimum absolute atomic E-state index is 0.0871. The molecule has 4 N–H and O–H groups in total. The first-order valence-electron chi connectivity index (χ1n) is 18.0. The molecule has 5 aliphatic rings. The number of carbonyl (C=O) groups is 1. The van der Waals surface area contributed by atoms with Crippen LogP contribution in [0.3, 0.4) is 0 Å². The molecule has 50 heavy (non-hydrogen) atoms. The predicted molar refractivity (Wildman–Crippen MR) is 188 cm³/mol. The number of nitrogens with zero attached hydrogens (tertiary/aromatic N) is 9. The van der Waals surface area contributed by atoms with Crippen molar-refractivity contribution in [1.29, 1.82) is 5.26 Å². The van der Waals surface area contributed by atoms with Crippen LogP contribution in [0.4, 0.5) is 21.6 Å². The highest BCUT2D eigenvalue weighted by Crippen LogP contribution is 2.55. The Labute approximate surface area is 294 Å². The van der Waals surface area contributed by atoms with Gasteiger partial charge in [-0.2, -0.15) is 14.9 Å². The number of nitrogens with two attached hydrogens (primary N) is 1. The summed E-state index contributed by atoms with van der Waals surface area (Å²) in [7, 11) is 0. The number of amides is 1. The van der Waals surface area contributed by atoms with Crippen molar-refractivity contribution in [3.05, 3.63) is 45.3 Å².